The van der Waals surface area contributed by atoms with Crippen LogP contribution in [0.25, 0.3) is 6.08 Å². The number of rotatable bonds is 5. The van der Waals surface area contributed by atoms with Crippen molar-refractivity contribution in [1.29, 1.82) is 0 Å². The maximum atomic E-state index is 2.38. The molecule has 88 valence electrons. The molecule has 0 amide bonds. The van der Waals surface area contributed by atoms with Crippen LogP contribution in [0.5, 0.6) is 0 Å². The molecule has 0 fully saturated rings. The van der Waals surface area contributed by atoms with Crippen LogP contribution in [0.3, 0.4) is 0 Å². The van der Waals surface area contributed by atoms with Gasteiger partial charge >= 0.3 is 0 Å². The first-order chi connectivity index (χ1) is 7.61. The van der Waals surface area contributed by atoms with Gasteiger partial charge in [-0.15, -0.1) is 0 Å². The normalized spacial score (nSPS) is 12.9. The smallest absolute Gasteiger partial charge is 0.0830 e. The minimum atomic E-state index is -0.242. The van der Waals surface area contributed by atoms with Crippen molar-refractivity contribution in [3.8, 4) is 0 Å². The minimum absolute atomic E-state index is 0.242. The van der Waals surface area contributed by atoms with E-state index in [2.05, 4.69) is 80.1 Å². The summed E-state index contributed by atoms with van der Waals surface area (Å²) in [5.74, 6) is 0.597. The van der Waals surface area contributed by atoms with Gasteiger partial charge < -0.3 is 0 Å². The molecular weight excluding hydrogens is 212 g/mol. The summed E-state index contributed by atoms with van der Waals surface area (Å²) in [6.07, 6.45) is 2.24. The fourth-order valence-electron chi connectivity index (χ4n) is 1.77. The van der Waals surface area contributed by atoms with Crippen LogP contribution in [0, 0.1) is 0 Å². The molecule has 1 rings (SSSR count). The molecule has 0 saturated heterocycles. The summed E-state index contributed by atoms with van der Waals surface area (Å²) >= 11 is 0. The van der Waals surface area contributed by atoms with Crippen molar-refractivity contribution in [2.45, 2.75) is 5.79 Å². The van der Waals surface area contributed by atoms with E-state index in [1.807, 2.05) is 0 Å². The monoisotopic (exact) mass is 234 g/mol. The highest BCUT2D eigenvalue weighted by molar-refractivity contribution is 6.44. The Balaban J connectivity index is 2.52. The number of hydrogen-bond acceptors (Lipinski definition) is 2. The van der Waals surface area contributed by atoms with E-state index in [4.69, 9.17) is 0 Å². The Labute approximate surface area is 101 Å². The molecule has 3 heteroatoms. The van der Waals surface area contributed by atoms with Gasteiger partial charge in [-0.25, -0.2) is 0 Å². The highest BCUT2D eigenvalue weighted by Crippen LogP contribution is 2.02. The predicted octanol–water partition coefficient (Wildman–Crippen LogP) is 1.23. The summed E-state index contributed by atoms with van der Waals surface area (Å²) in [7, 11) is 8.35. The summed E-state index contributed by atoms with van der Waals surface area (Å²) in [5.41, 5.74) is 3.67. The second-order valence-electron chi connectivity index (χ2n) is 4.46. The average Bonchev–Trinajstić information content (AvgIpc) is 2.24. The summed E-state index contributed by atoms with van der Waals surface area (Å²) in [6, 6.07) is 10.5. The standard InChI is InChI=1S/C13H22N2Si/c1-14(2)13(15(3)4)16-11-10-12-8-6-5-7-9-12/h5-11,13H,16H2,1-4H3. The molecular formula is C13H22N2Si. The fraction of sp³-hybridized carbons (Fsp3) is 0.385. The van der Waals surface area contributed by atoms with Crippen molar-refractivity contribution < 1.29 is 0 Å². The van der Waals surface area contributed by atoms with Crippen LogP contribution in [0.1, 0.15) is 5.56 Å². The van der Waals surface area contributed by atoms with E-state index in [1.165, 1.54) is 5.56 Å². The van der Waals surface area contributed by atoms with Crippen LogP contribution in [-0.2, 0) is 0 Å². The minimum Gasteiger partial charge on any atom is -0.297 e. The molecule has 0 atom stereocenters. The lowest BCUT2D eigenvalue weighted by molar-refractivity contribution is 0.202. The summed E-state index contributed by atoms with van der Waals surface area (Å²) in [4.78, 5) is 4.59. The van der Waals surface area contributed by atoms with Crippen molar-refractivity contribution >= 4 is 15.6 Å². The quantitative estimate of drug-likeness (QED) is 0.558. The van der Waals surface area contributed by atoms with E-state index < -0.39 is 0 Å². The lowest BCUT2D eigenvalue weighted by Gasteiger charge is -2.29. The van der Waals surface area contributed by atoms with E-state index in [1.54, 1.807) is 0 Å². The van der Waals surface area contributed by atoms with Gasteiger partial charge in [0.15, 0.2) is 0 Å². The molecule has 0 radical (unpaired) electrons. The zero-order valence-corrected chi connectivity index (χ0v) is 12.1. The van der Waals surface area contributed by atoms with Gasteiger partial charge in [-0.2, -0.15) is 0 Å². The van der Waals surface area contributed by atoms with Gasteiger partial charge in [0.25, 0.3) is 0 Å². The Kier molecular flexibility index (Phi) is 5.45. The molecule has 0 bridgehead atoms. The van der Waals surface area contributed by atoms with Crippen LogP contribution in [0.2, 0.25) is 0 Å². The van der Waals surface area contributed by atoms with Gasteiger partial charge in [0.05, 0.1) is 9.52 Å². The molecule has 0 aliphatic heterocycles. The molecule has 0 aromatic heterocycles. The van der Waals surface area contributed by atoms with Crippen LogP contribution in [0.4, 0.5) is 0 Å². The van der Waals surface area contributed by atoms with Gasteiger partial charge in [-0.1, -0.05) is 42.1 Å². The molecule has 0 unspecified atom stereocenters. The molecule has 0 aliphatic rings. The van der Waals surface area contributed by atoms with Crippen LogP contribution in [0.15, 0.2) is 36.0 Å². The third kappa shape index (κ3) is 4.31. The average molecular weight is 234 g/mol. The molecule has 0 heterocycles. The van der Waals surface area contributed by atoms with Gasteiger partial charge in [0.1, 0.15) is 0 Å². The first-order valence-electron chi connectivity index (χ1n) is 5.65. The van der Waals surface area contributed by atoms with Gasteiger partial charge in [0, 0.05) is 5.79 Å². The molecule has 0 N–H and O–H groups in total. The Morgan fingerprint density at radius 3 is 2.06 bits per heavy atom. The molecule has 1 aromatic carbocycles. The second kappa shape index (κ2) is 6.63. The lowest BCUT2D eigenvalue weighted by atomic mass is 10.2. The van der Waals surface area contributed by atoms with Crippen LogP contribution in [-0.4, -0.2) is 53.3 Å². The van der Waals surface area contributed by atoms with Crippen molar-refractivity contribution in [1.82, 2.24) is 9.80 Å². The molecule has 2 nitrogen and oxygen atoms in total. The van der Waals surface area contributed by atoms with Gasteiger partial charge in [-0.05, 0) is 33.8 Å². The predicted molar refractivity (Wildman–Crippen MR) is 75.2 cm³/mol. The Hall–Kier alpha value is -0.903. The molecule has 0 aliphatic carbocycles. The van der Waals surface area contributed by atoms with Crippen molar-refractivity contribution in [3.63, 3.8) is 0 Å². The van der Waals surface area contributed by atoms with Crippen molar-refractivity contribution in [3.05, 3.63) is 41.6 Å². The van der Waals surface area contributed by atoms with Gasteiger partial charge in [-0.3, -0.25) is 9.80 Å². The van der Waals surface area contributed by atoms with E-state index in [0.29, 0.717) is 5.79 Å². The lowest BCUT2D eigenvalue weighted by Crippen LogP contribution is -2.44. The Morgan fingerprint density at radius 1 is 1.00 bits per heavy atom. The zero-order valence-electron chi connectivity index (χ0n) is 10.7. The van der Waals surface area contributed by atoms with E-state index in [-0.39, 0.29) is 9.52 Å². The summed E-state index contributed by atoms with van der Waals surface area (Å²) in [5, 5.41) is 0. The van der Waals surface area contributed by atoms with Crippen LogP contribution >= 0.6 is 0 Å². The summed E-state index contributed by atoms with van der Waals surface area (Å²) < 4.78 is 0. The highest BCUT2D eigenvalue weighted by Gasteiger charge is 2.11. The van der Waals surface area contributed by atoms with Crippen molar-refractivity contribution in [2.75, 3.05) is 28.2 Å². The first kappa shape index (κ1) is 13.2. The van der Waals surface area contributed by atoms with Gasteiger partial charge in [0.2, 0.25) is 0 Å². The van der Waals surface area contributed by atoms with E-state index >= 15 is 0 Å². The SMILES string of the molecule is CN(C)C([SiH2]C=Cc1ccccc1)N(C)C. The third-order valence-corrected chi connectivity index (χ3v) is 5.04. The number of benzene rings is 1. The Morgan fingerprint density at radius 2 is 1.56 bits per heavy atom. The maximum Gasteiger partial charge on any atom is 0.0830 e. The molecule has 0 saturated carbocycles. The molecule has 1 aromatic rings. The molecule has 16 heavy (non-hydrogen) atoms. The fourth-order valence-corrected chi connectivity index (χ4v) is 3.27. The van der Waals surface area contributed by atoms with E-state index in [0.717, 1.165) is 0 Å². The summed E-state index contributed by atoms with van der Waals surface area (Å²) in [6.45, 7) is 0. The maximum absolute atomic E-state index is 2.38. The zero-order chi connectivity index (χ0) is 12.0. The van der Waals surface area contributed by atoms with Crippen molar-refractivity contribution in [2.24, 2.45) is 0 Å². The highest BCUT2D eigenvalue weighted by atomic mass is 28.2. The topological polar surface area (TPSA) is 6.48 Å². The first-order valence-corrected chi connectivity index (χ1v) is 7.29. The Bertz CT molecular complexity index is 312. The second-order valence-corrected chi connectivity index (χ2v) is 6.13. The largest absolute Gasteiger partial charge is 0.297 e. The third-order valence-electron chi connectivity index (χ3n) is 2.65. The molecule has 0 spiro atoms. The van der Waals surface area contributed by atoms with E-state index in [9.17, 15) is 0 Å². The number of nitrogens with zero attached hydrogens (tertiary/aromatic N) is 2. The number of hydrogen-bond donors (Lipinski definition) is 0. The van der Waals surface area contributed by atoms with Crippen LogP contribution < -0.4 is 0 Å².